The van der Waals surface area contributed by atoms with E-state index in [1.54, 1.807) is 49.7 Å². The molecule has 0 fully saturated rings. The molecule has 0 saturated carbocycles. The number of hydrogen-bond acceptors (Lipinski definition) is 6. The minimum atomic E-state index is -0.652. The zero-order valence-electron chi connectivity index (χ0n) is 20.0. The smallest absolute Gasteiger partial charge is 0.269 e. The van der Waals surface area contributed by atoms with Crippen LogP contribution in [0.1, 0.15) is 41.1 Å². The number of Topliss-reactive ketones (excluding diaryl/α,β-unsaturated/α-hetero) is 2. The molecular formula is C29H23ClN2O5. The molecule has 0 saturated heterocycles. The van der Waals surface area contributed by atoms with Gasteiger partial charge in [0.25, 0.3) is 5.69 Å². The summed E-state index contributed by atoms with van der Waals surface area (Å²) in [6.45, 7) is 0. The first-order valence-electron chi connectivity index (χ1n) is 11.8. The van der Waals surface area contributed by atoms with Crippen molar-refractivity contribution in [3.05, 3.63) is 122 Å². The van der Waals surface area contributed by atoms with Crippen LogP contribution < -0.4 is 9.64 Å². The van der Waals surface area contributed by atoms with Crippen molar-refractivity contribution in [3.63, 3.8) is 0 Å². The Balaban J connectivity index is 1.70. The molecule has 3 aromatic carbocycles. The summed E-state index contributed by atoms with van der Waals surface area (Å²) >= 11 is 6.05. The van der Waals surface area contributed by atoms with Gasteiger partial charge >= 0.3 is 0 Å². The predicted octanol–water partition coefficient (Wildman–Crippen LogP) is 6.63. The van der Waals surface area contributed by atoms with Crippen molar-refractivity contribution in [1.29, 1.82) is 0 Å². The monoisotopic (exact) mass is 514 g/mol. The lowest BCUT2D eigenvalue weighted by Gasteiger charge is -2.38. The fraction of sp³-hybridized carbons (Fsp3) is 0.172. The number of allylic oxidation sites excluding steroid dienone is 3. The van der Waals surface area contributed by atoms with Gasteiger partial charge in [0.1, 0.15) is 5.75 Å². The van der Waals surface area contributed by atoms with E-state index in [2.05, 4.69) is 0 Å². The standard InChI is InChI=1S/C29H23ClN2O5/c1-37-23-15-13-21(14-16-23)31-17-24(29(34)19-5-9-20(30)10-6-19)27(28-25(31)3-2-4-26(28)33)18-7-11-22(12-8-18)32(35)36/h5-17,27H,2-4H2,1H3. The second-order valence-electron chi connectivity index (χ2n) is 8.91. The first kappa shape index (κ1) is 24.5. The van der Waals surface area contributed by atoms with E-state index in [1.807, 2.05) is 29.2 Å². The molecule has 0 bridgehead atoms. The Labute approximate surface area is 218 Å². The van der Waals surface area contributed by atoms with Crippen molar-refractivity contribution >= 4 is 34.5 Å². The van der Waals surface area contributed by atoms with Crippen LogP contribution in [0.5, 0.6) is 5.75 Å². The number of benzene rings is 3. The Morgan fingerprint density at radius 3 is 2.30 bits per heavy atom. The number of anilines is 1. The number of nitro groups is 1. The summed E-state index contributed by atoms with van der Waals surface area (Å²) in [7, 11) is 1.59. The molecule has 8 heteroatoms. The molecule has 1 unspecified atom stereocenters. The van der Waals surface area contributed by atoms with Crippen LogP contribution in [0.2, 0.25) is 5.02 Å². The number of methoxy groups -OCH3 is 1. The summed E-state index contributed by atoms with van der Waals surface area (Å²) in [5.41, 5.74) is 3.61. The van der Waals surface area contributed by atoms with Crippen LogP contribution >= 0.6 is 11.6 Å². The second-order valence-corrected chi connectivity index (χ2v) is 9.34. The molecule has 2 aliphatic rings. The molecule has 1 heterocycles. The number of rotatable bonds is 6. The first-order valence-corrected chi connectivity index (χ1v) is 12.2. The Bertz CT molecular complexity index is 1440. The highest BCUT2D eigenvalue weighted by atomic mass is 35.5. The molecule has 3 aromatic rings. The lowest BCUT2D eigenvalue weighted by molar-refractivity contribution is -0.384. The van der Waals surface area contributed by atoms with Gasteiger partial charge in [-0.15, -0.1) is 0 Å². The Kier molecular flexibility index (Phi) is 6.63. The number of ketones is 2. The summed E-state index contributed by atoms with van der Waals surface area (Å²) in [5, 5.41) is 11.8. The van der Waals surface area contributed by atoms with Gasteiger partial charge in [-0.05, 0) is 66.9 Å². The number of carbonyl (C=O) groups excluding carboxylic acids is 2. The van der Waals surface area contributed by atoms with E-state index >= 15 is 0 Å². The molecule has 1 aliphatic carbocycles. The third-order valence-electron chi connectivity index (χ3n) is 6.74. The van der Waals surface area contributed by atoms with Gasteiger partial charge < -0.3 is 9.64 Å². The highest BCUT2D eigenvalue weighted by Crippen LogP contribution is 2.46. The van der Waals surface area contributed by atoms with Crippen molar-refractivity contribution in [2.75, 3.05) is 12.0 Å². The number of nitrogens with zero attached hydrogens (tertiary/aromatic N) is 2. The van der Waals surface area contributed by atoms with Gasteiger partial charge in [-0.3, -0.25) is 19.7 Å². The summed E-state index contributed by atoms with van der Waals surface area (Å²) < 4.78 is 5.30. The maximum absolute atomic E-state index is 13.9. The third kappa shape index (κ3) is 4.66. The zero-order chi connectivity index (χ0) is 26.1. The van der Waals surface area contributed by atoms with Gasteiger partial charge in [-0.1, -0.05) is 23.7 Å². The first-order chi connectivity index (χ1) is 17.9. The number of non-ortho nitro benzene ring substituents is 1. The van der Waals surface area contributed by atoms with Crippen LogP contribution in [0, 0.1) is 10.1 Å². The molecular weight excluding hydrogens is 492 g/mol. The number of ether oxygens (including phenoxy) is 1. The molecule has 1 aliphatic heterocycles. The molecule has 0 N–H and O–H groups in total. The molecule has 0 aromatic heterocycles. The van der Waals surface area contributed by atoms with Crippen LogP contribution in [0.25, 0.3) is 0 Å². The SMILES string of the molecule is COc1ccc(N2C=C(C(=O)c3ccc(Cl)cc3)C(c3ccc([N+](=O)[O-])cc3)C3=C2CCCC3=O)cc1. The largest absolute Gasteiger partial charge is 0.497 e. The van der Waals surface area contributed by atoms with Gasteiger partial charge in [0.05, 0.1) is 12.0 Å². The minimum absolute atomic E-state index is 0.0300. The average Bonchev–Trinajstić information content (AvgIpc) is 2.92. The van der Waals surface area contributed by atoms with Crippen LogP contribution in [0.4, 0.5) is 11.4 Å². The molecule has 5 rings (SSSR count). The van der Waals surface area contributed by atoms with Crippen molar-refractivity contribution in [2.45, 2.75) is 25.2 Å². The Morgan fingerprint density at radius 1 is 1.00 bits per heavy atom. The van der Waals surface area contributed by atoms with Gasteiger partial charge in [0.15, 0.2) is 11.6 Å². The van der Waals surface area contributed by atoms with Crippen molar-refractivity contribution in [1.82, 2.24) is 0 Å². The van der Waals surface area contributed by atoms with E-state index in [0.717, 1.165) is 11.4 Å². The van der Waals surface area contributed by atoms with Crippen LogP contribution in [-0.2, 0) is 4.79 Å². The molecule has 1 atom stereocenters. The topological polar surface area (TPSA) is 89.8 Å². The van der Waals surface area contributed by atoms with Crippen molar-refractivity contribution in [2.24, 2.45) is 0 Å². The van der Waals surface area contributed by atoms with Gasteiger partial charge in [-0.25, -0.2) is 0 Å². The van der Waals surface area contributed by atoms with Crippen LogP contribution in [-0.4, -0.2) is 23.6 Å². The molecule has 7 nitrogen and oxygen atoms in total. The van der Waals surface area contributed by atoms with Gasteiger partial charge in [-0.2, -0.15) is 0 Å². The highest BCUT2D eigenvalue weighted by molar-refractivity contribution is 6.30. The summed E-state index contributed by atoms with van der Waals surface area (Å²) in [6, 6.07) is 20.1. The van der Waals surface area contributed by atoms with E-state index in [1.165, 1.54) is 12.1 Å². The van der Waals surface area contributed by atoms with Crippen molar-refractivity contribution in [3.8, 4) is 5.75 Å². The number of carbonyl (C=O) groups is 2. The Hall–Kier alpha value is -4.23. The van der Waals surface area contributed by atoms with E-state index in [0.29, 0.717) is 52.3 Å². The molecule has 37 heavy (non-hydrogen) atoms. The fourth-order valence-corrected chi connectivity index (χ4v) is 5.06. The maximum atomic E-state index is 13.9. The third-order valence-corrected chi connectivity index (χ3v) is 7.00. The summed E-state index contributed by atoms with van der Waals surface area (Å²) in [5.74, 6) is -0.234. The number of nitro benzene ring substituents is 1. The summed E-state index contributed by atoms with van der Waals surface area (Å²) in [6.07, 6.45) is 3.53. The Morgan fingerprint density at radius 2 is 1.68 bits per heavy atom. The summed E-state index contributed by atoms with van der Waals surface area (Å²) in [4.78, 5) is 40.1. The van der Waals surface area contributed by atoms with E-state index < -0.39 is 10.8 Å². The van der Waals surface area contributed by atoms with E-state index in [4.69, 9.17) is 16.3 Å². The predicted molar refractivity (Wildman–Crippen MR) is 141 cm³/mol. The lowest BCUT2D eigenvalue weighted by Crippen LogP contribution is -2.34. The van der Waals surface area contributed by atoms with Crippen molar-refractivity contribution < 1.29 is 19.2 Å². The van der Waals surface area contributed by atoms with Gasteiger partial charge in [0, 0.05) is 63.8 Å². The molecule has 186 valence electrons. The minimum Gasteiger partial charge on any atom is -0.497 e. The fourth-order valence-electron chi connectivity index (χ4n) is 4.94. The number of hydrogen-bond donors (Lipinski definition) is 0. The number of halogens is 1. The van der Waals surface area contributed by atoms with Crippen LogP contribution in [0.15, 0.2) is 95.8 Å². The van der Waals surface area contributed by atoms with E-state index in [-0.39, 0.29) is 17.3 Å². The van der Waals surface area contributed by atoms with E-state index in [9.17, 15) is 19.7 Å². The zero-order valence-corrected chi connectivity index (χ0v) is 20.8. The van der Waals surface area contributed by atoms with Crippen LogP contribution in [0.3, 0.4) is 0 Å². The highest BCUT2D eigenvalue weighted by Gasteiger charge is 2.39. The normalized spacial score (nSPS) is 17.2. The lowest BCUT2D eigenvalue weighted by atomic mass is 9.74. The maximum Gasteiger partial charge on any atom is 0.269 e. The average molecular weight is 515 g/mol. The second kappa shape index (κ2) is 10.0. The quantitative estimate of drug-likeness (QED) is 0.208. The molecule has 0 amide bonds. The molecule has 0 radical (unpaired) electrons. The van der Waals surface area contributed by atoms with Gasteiger partial charge in [0.2, 0.25) is 0 Å². The molecule has 0 spiro atoms.